The van der Waals surface area contributed by atoms with Gasteiger partial charge in [0.25, 0.3) is 0 Å². The normalized spacial score (nSPS) is 16.2. The number of nitrogens with zero attached hydrogens (tertiary/aromatic N) is 2. The highest BCUT2D eigenvalue weighted by Gasteiger charge is 2.26. The molecule has 2 aromatic rings. The number of benzene rings is 1. The Labute approximate surface area is 106 Å². The van der Waals surface area contributed by atoms with Crippen molar-refractivity contribution in [3.05, 3.63) is 23.8 Å². The molecule has 1 amide bonds. The minimum absolute atomic E-state index is 0.102. The number of aromatic nitrogens is 1. The molecule has 1 aromatic carbocycles. The first kappa shape index (κ1) is 11.3. The van der Waals surface area contributed by atoms with Crippen molar-refractivity contribution in [2.75, 3.05) is 11.4 Å². The van der Waals surface area contributed by atoms with Gasteiger partial charge in [-0.2, -0.15) is 4.98 Å². The van der Waals surface area contributed by atoms with Crippen molar-refractivity contribution >= 4 is 23.0 Å². The van der Waals surface area contributed by atoms with Gasteiger partial charge in [-0.05, 0) is 30.0 Å². The molecule has 18 heavy (non-hydrogen) atoms. The van der Waals surface area contributed by atoms with Gasteiger partial charge in [-0.3, -0.25) is 9.69 Å². The van der Waals surface area contributed by atoms with E-state index in [1.807, 2.05) is 18.2 Å². The van der Waals surface area contributed by atoms with E-state index in [0.29, 0.717) is 24.9 Å². The number of oxazole rings is 1. The lowest BCUT2D eigenvalue weighted by Crippen LogP contribution is -2.23. The number of carbonyl (C=O) groups excluding carboxylic acids is 1. The Balaban J connectivity index is 2.03. The summed E-state index contributed by atoms with van der Waals surface area (Å²) < 4.78 is 5.65. The smallest absolute Gasteiger partial charge is 0.305 e. The van der Waals surface area contributed by atoms with Gasteiger partial charge in [0.15, 0.2) is 5.58 Å². The second kappa shape index (κ2) is 4.12. The fraction of sp³-hybridized carbons (Fsp3) is 0.429. The molecule has 2 heterocycles. The van der Waals surface area contributed by atoms with Crippen molar-refractivity contribution in [2.45, 2.75) is 32.6 Å². The maximum atomic E-state index is 11.7. The van der Waals surface area contributed by atoms with Gasteiger partial charge in [0.05, 0.1) is 0 Å². The van der Waals surface area contributed by atoms with Crippen LogP contribution in [0.4, 0.5) is 6.01 Å². The highest BCUT2D eigenvalue weighted by Crippen LogP contribution is 2.27. The molecule has 1 saturated heterocycles. The van der Waals surface area contributed by atoms with Crippen LogP contribution < -0.4 is 4.90 Å². The van der Waals surface area contributed by atoms with Gasteiger partial charge in [-0.15, -0.1) is 0 Å². The SMILES string of the molecule is CC(C)c1ccc2oc(N3CCCC3=O)nc2c1. The van der Waals surface area contributed by atoms with Gasteiger partial charge in [-0.25, -0.2) is 0 Å². The zero-order valence-corrected chi connectivity index (χ0v) is 10.6. The van der Waals surface area contributed by atoms with E-state index in [1.165, 1.54) is 5.56 Å². The molecule has 3 rings (SSSR count). The summed E-state index contributed by atoms with van der Waals surface area (Å²) in [5, 5.41) is 0. The third kappa shape index (κ3) is 1.78. The van der Waals surface area contributed by atoms with Gasteiger partial charge in [0, 0.05) is 13.0 Å². The maximum Gasteiger partial charge on any atom is 0.305 e. The lowest BCUT2D eigenvalue weighted by atomic mass is 10.0. The Morgan fingerprint density at radius 3 is 2.89 bits per heavy atom. The van der Waals surface area contributed by atoms with Crippen LogP contribution in [0.3, 0.4) is 0 Å². The number of hydrogen-bond donors (Lipinski definition) is 0. The average molecular weight is 244 g/mol. The van der Waals surface area contributed by atoms with Crippen molar-refractivity contribution in [1.29, 1.82) is 0 Å². The molecule has 94 valence electrons. The van der Waals surface area contributed by atoms with Crippen LogP contribution in [0.15, 0.2) is 22.6 Å². The lowest BCUT2D eigenvalue weighted by Gasteiger charge is -2.08. The fourth-order valence-electron chi connectivity index (χ4n) is 2.26. The largest absolute Gasteiger partial charge is 0.423 e. The molecule has 4 nitrogen and oxygen atoms in total. The Bertz CT molecular complexity index is 601. The number of carbonyl (C=O) groups is 1. The number of anilines is 1. The third-order valence-corrected chi connectivity index (χ3v) is 3.37. The molecule has 0 aliphatic carbocycles. The highest BCUT2D eigenvalue weighted by atomic mass is 16.4. The minimum atomic E-state index is 0.102. The van der Waals surface area contributed by atoms with Crippen LogP contribution in [-0.2, 0) is 4.79 Å². The van der Waals surface area contributed by atoms with E-state index < -0.39 is 0 Å². The summed E-state index contributed by atoms with van der Waals surface area (Å²) in [6.07, 6.45) is 1.48. The van der Waals surface area contributed by atoms with Crippen LogP contribution >= 0.6 is 0 Å². The van der Waals surface area contributed by atoms with Crippen LogP contribution in [0.1, 0.15) is 38.2 Å². The van der Waals surface area contributed by atoms with Gasteiger partial charge in [0.2, 0.25) is 5.91 Å². The highest BCUT2D eigenvalue weighted by molar-refractivity contribution is 5.94. The van der Waals surface area contributed by atoms with E-state index in [0.717, 1.165) is 17.5 Å². The zero-order chi connectivity index (χ0) is 12.7. The molecular weight excluding hydrogens is 228 g/mol. The second-order valence-corrected chi connectivity index (χ2v) is 5.03. The molecule has 0 bridgehead atoms. The molecule has 0 saturated carbocycles. The Morgan fingerprint density at radius 2 is 2.22 bits per heavy atom. The molecule has 0 spiro atoms. The molecule has 0 radical (unpaired) electrons. The van der Waals surface area contributed by atoms with Gasteiger partial charge >= 0.3 is 6.01 Å². The van der Waals surface area contributed by atoms with Crippen molar-refractivity contribution in [3.63, 3.8) is 0 Å². The molecule has 0 atom stereocenters. The van der Waals surface area contributed by atoms with Crippen LogP contribution in [0.2, 0.25) is 0 Å². The summed E-state index contributed by atoms with van der Waals surface area (Å²) in [5.41, 5.74) is 2.81. The first-order valence-corrected chi connectivity index (χ1v) is 6.36. The predicted octanol–water partition coefficient (Wildman–Crippen LogP) is 3.08. The molecule has 0 unspecified atom stereocenters. The van der Waals surface area contributed by atoms with E-state index in [2.05, 4.69) is 18.8 Å². The molecular formula is C14H16N2O2. The summed E-state index contributed by atoms with van der Waals surface area (Å²) in [5.74, 6) is 0.564. The first-order valence-electron chi connectivity index (χ1n) is 6.36. The summed E-state index contributed by atoms with van der Waals surface area (Å²) in [7, 11) is 0. The van der Waals surface area contributed by atoms with E-state index in [9.17, 15) is 4.79 Å². The van der Waals surface area contributed by atoms with E-state index in [-0.39, 0.29) is 5.91 Å². The van der Waals surface area contributed by atoms with E-state index in [1.54, 1.807) is 4.90 Å². The summed E-state index contributed by atoms with van der Waals surface area (Å²) in [6.45, 7) is 5.00. The second-order valence-electron chi connectivity index (χ2n) is 5.03. The topological polar surface area (TPSA) is 46.3 Å². The average Bonchev–Trinajstić information content (AvgIpc) is 2.92. The maximum absolute atomic E-state index is 11.7. The molecule has 1 aliphatic heterocycles. The van der Waals surface area contributed by atoms with Crippen molar-refractivity contribution < 1.29 is 9.21 Å². The first-order chi connectivity index (χ1) is 8.65. The summed E-state index contributed by atoms with van der Waals surface area (Å²) in [4.78, 5) is 17.7. The van der Waals surface area contributed by atoms with Crippen LogP contribution in [-0.4, -0.2) is 17.4 Å². The van der Waals surface area contributed by atoms with Crippen LogP contribution in [0.5, 0.6) is 0 Å². The number of fused-ring (bicyclic) bond motifs is 1. The number of hydrogen-bond acceptors (Lipinski definition) is 3. The quantitative estimate of drug-likeness (QED) is 0.815. The van der Waals surface area contributed by atoms with Crippen molar-refractivity contribution in [1.82, 2.24) is 4.98 Å². The molecule has 1 aromatic heterocycles. The van der Waals surface area contributed by atoms with Crippen LogP contribution in [0, 0.1) is 0 Å². The molecule has 4 heteroatoms. The van der Waals surface area contributed by atoms with Crippen LogP contribution in [0.25, 0.3) is 11.1 Å². The third-order valence-electron chi connectivity index (χ3n) is 3.37. The number of rotatable bonds is 2. The number of amides is 1. The van der Waals surface area contributed by atoms with E-state index >= 15 is 0 Å². The Kier molecular flexibility index (Phi) is 2.58. The summed E-state index contributed by atoms with van der Waals surface area (Å²) in [6, 6.07) is 6.46. The van der Waals surface area contributed by atoms with E-state index in [4.69, 9.17) is 4.42 Å². The molecule has 1 aliphatic rings. The van der Waals surface area contributed by atoms with Crippen molar-refractivity contribution in [2.24, 2.45) is 0 Å². The fourth-order valence-corrected chi connectivity index (χ4v) is 2.26. The minimum Gasteiger partial charge on any atom is -0.423 e. The van der Waals surface area contributed by atoms with Gasteiger partial charge in [-0.1, -0.05) is 19.9 Å². The molecule has 0 N–H and O–H groups in total. The molecule has 1 fully saturated rings. The monoisotopic (exact) mass is 244 g/mol. The predicted molar refractivity (Wildman–Crippen MR) is 69.7 cm³/mol. The zero-order valence-electron chi connectivity index (χ0n) is 10.6. The Hall–Kier alpha value is -1.84. The standard InChI is InChI=1S/C14H16N2O2/c1-9(2)10-5-6-12-11(8-10)15-14(18-12)16-7-3-4-13(16)17/h5-6,8-9H,3-4,7H2,1-2H3. The summed E-state index contributed by atoms with van der Waals surface area (Å²) >= 11 is 0. The van der Waals surface area contributed by atoms with Gasteiger partial charge in [0.1, 0.15) is 5.52 Å². The van der Waals surface area contributed by atoms with Gasteiger partial charge < -0.3 is 4.42 Å². The van der Waals surface area contributed by atoms with Crippen molar-refractivity contribution in [3.8, 4) is 0 Å². The lowest BCUT2D eigenvalue weighted by molar-refractivity contribution is -0.117. The Morgan fingerprint density at radius 1 is 1.39 bits per heavy atom.